The van der Waals surface area contributed by atoms with E-state index in [9.17, 15) is 0 Å². The van der Waals surface area contributed by atoms with Crippen LogP contribution in [-0.2, 0) is 0 Å². The molecule has 0 bridgehead atoms. The predicted octanol–water partition coefficient (Wildman–Crippen LogP) is 17.7. The monoisotopic (exact) mass is 815 g/mol. The van der Waals surface area contributed by atoms with Crippen LogP contribution in [-0.4, -0.2) is 0 Å². The average molecular weight is 816 g/mol. The number of furan rings is 1. The number of fused-ring (bicyclic) bond motifs is 5. The molecule has 0 fully saturated rings. The first-order chi connectivity index (χ1) is 31.7. The standard InChI is InChI=1S/C62H41NO/c1-2-15-48-41-49(32-27-42(48)13-1)43-33-37-50(38-34-43)63(51-39-35-47(36-40-51)55-22-12-24-59-58-21-8-10-26-61(58)64-62(55)59)60-25-9-7-19-54(60)46-30-28-45(29-31-46)53-18-5-6-20-56(53)57-23-11-16-44-14-3-4-17-52(44)57/h1-41H. The first-order valence-electron chi connectivity index (χ1n) is 21.9. The van der Waals surface area contributed by atoms with Crippen molar-refractivity contribution in [3.8, 4) is 55.6 Å². The van der Waals surface area contributed by atoms with Gasteiger partial charge in [-0.2, -0.15) is 0 Å². The van der Waals surface area contributed by atoms with Crippen molar-refractivity contribution in [3.63, 3.8) is 0 Å². The van der Waals surface area contributed by atoms with E-state index in [4.69, 9.17) is 4.42 Å². The van der Waals surface area contributed by atoms with Gasteiger partial charge >= 0.3 is 0 Å². The Hall–Kier alpha value is -8.46. The van der Waals surface area contributed by atoms with E-state index in [0.29, 0.717) is 0 Å². The number of nitrogens with zero attached hydrogens (tertiary/aromatic N) is 1. The third kappa shape index (κ3) is 6.61. The van der Waals surface area contributed by atoms with Crippen molar-refractivity contribution in [2.75, 3.05) is 4.90 Å². The highest BCUT2D eigenvalue weighted by Gasteiger charge is 2.19. The summed E-state index contributed by atoms with van der Waals surface area (Å²) in [4.78, 5) is 2.38. The van der Waals surface area contributed by atoms with Gasteiger partial charge in [0.1, 0.15) is 11.2 Å². The molecule has 0 amide bonds. The molecule has 0 aliphatic rings. The van der Waals surface area contributed by atoms with E-state index in [2.05, 4.69) is 241 Å². The molecule has 0 aliphatic heterocycles. The van der Waals surface area contributed by atoms with Crippen LogP contribution >= 0.6 is 0 Å². The van der Waals surface area contributed by atoms with Crippen molar-refractivity contribution in [3.05, 3.63) is 249 Å². The Morgan fingerprint density at radius 1 is 0.266 bits per heavy atom. The SMILES string of the molecule is c1ccc(-c2cccc3ccccc23)c(-c2ccc(-c3ccccc3N(c3ccc(-c4ccc5ccccc5c4)cc3)c3ccc(-c4cccc5c4oc4ccccc45)cc3)cc2)c1. The van der Waals surface area contributed by atoms with Gasteiger partial charge in [-0.3, -0.25) is 0 Å². The van der Waals surface area contributed by atoms with Crippen molar-refractivity contribution < 1.29 is 4.42 Å². The smallest absolute Gasteiger partial charge is 0.143 e. The lowest BCUT2D eigenvalue weighted by Gasteiger charge is -2.28. The van der Waals surface area contributed by atoms with Crippen LogP contribution in [0.25, 0.3) is 99.1 Å². The summed E-state index contributed by atoms with van der Waals surface area (Å²) in [5.41, 5.74) is 16.8. The van der Waals surface area contributed by atoms with Gasteiger partial charge in [-0.15, -0.1) is 0 Å². The highest BCUT2D eigenvalue weighted by molar-refractivity contribution is 6.09. The van der Waals surface area contributed by atoms with Gasteiger partial charge in [0.2, 0.25) is 0 Å². The number of hydrogen-bond acceptors (Lipinski definition) is 2. The Kier molecular flexibility index (Phi) is 9.20. The Morgan fingerprint density at radius 2 is 0.750 bits per heavy atom. The summed E-state index contributed by atoms with van der Waals surface area (Å²) in [5, 5.41) is 7.24. The van der Waals surface area contributed by atoms with E-state index in [-0.39, 0.29) is 0 Å². The summed E-state index contributed by atoms with van der Waals surface area (Å²) < 4.78 is 6.46. The maximum absolute atomic E-state index is 6.46. The third-order valence-electron chi connectivity index (χ3n) is 12.7. The number of para-hydroxylation sites is 3. The van der Waals surface area contributed by atoms with Gasteiger partial charge in [0.25, 0.3) is 0 Å². The number of benzene rings is 11. The summed E-state index contributed by atoms with van der Waals surface area (Å²) in [6.45, 7) is 0. The Balaban J connectivity index is 0.948. The molecule has 12 aromatic rings. The van der Waals surface area contributed by atoms with E-state index >= 15 is 0 Å². The average Bonchev–Trinajstić information content (AvgIpc) is 3.76. The molecule has 0 saturated heterocycles. The highest BCUT2D eigenvalue weighted by Crippen LogP contribution is 2.44. The van der Waals surface area contributed by atoms with Crippen LogP contribution in [0.5, 0.6) is 0 Å². The minimum absolute atomic E-state index is 0.901. The number of rotatable bonds is 8. The molecule has 12 rings (SSSR count). The van der Waals surface area contributed by atoms with Crippen molar-refractivity contribution in [1.29, 1.82) is 0 Å². The largest absolute Gasteiger partial charge is 0.455 e. The molecule has 0 aliphatic carbocycles. The molecule has 0 saturated carbocycles. The zero-order valence-corrected chi connectivity index (χ0v) is 35.0. The molecule has 0 atom stereocenters. The van der Waals surface area contributed by atoms with Crippen molar-refractivity contribution in [1.82, 2.24) is 0 Å². The summed E-state index contributed by atoms with van der Waals surface area (Å²) >= 11 is 0. The Bertz CT molecular complexity index is 3650. The van der Waals surface area contributed by atoms with E-state index in [1.54, 1.807) is 0 Å². The lowest BCUT2D eigenvalue weighted by Crippen LogP contribution is -2.11. The second-order valence-corrected chi connectivity index (χ2v) is 16.4. The lowest BCUT2D eigenvalue weighted by atomic mass is 9.90. The van der Waals surface area contributed by atoms with Crippen LogP contribution in [0.15, 0.2) is 253 Å². The maximum Gasteiger partial charge on any atom is 0.143 e. The summed E-state index contributed by atoms with van der Waals surface area (Å²) in [7, 11) is 0. The molecule has 0 N–H and O–H groups in total. The van der Waals surface area contributed by atoms with Crippen molar-refractivity contribution in [2.24, 2.45) is 0 Å². The highest BCUT2D eigenvalue weighted by atomic mass is 16.3. The molecule has 0 radical (unpaired) electrons. The molecule has 1 aromatic heterocycles. The second-order valence-electron chi connectivity index (χ2n) is 16.4. The zero-order valence-electron chi connectivity index (χ0n) is 35.0. The lowest BCUT2D eigenvalue weighted by molar-refractivity contribution is 0.670. The minimum Gasteiger partial charge on any atom is -0.455 e. The molecular weight excluding hydrogens is 775 g/mol. The topological polar surface area (TPSA) is 16.4 Å². The van der Waals surface area contributed by atoms with E-state index in [0.717, 1.165) is 61.3 Å². The van der Waals surface area contributed by atoms with Gasteiger partial charge in [-0.05, 0) is 109 Å². The molecule has 1 heterocycles. The van der Waals surface area contributed by atoms with Crippen molar-refractivity contribution in [2.45, 2.75) is 0 Å². The minimum atomic E-state index is 0.901. The molecule has 2 heteroatoms. The third-order valence-corrected chi connectivity index (χ3v) is 12.7. The van der Waals surface area contributed by atoms with Gasteiger partial charge in [0.05, 0.1) is 5.69 Å². The van der Waals surface area contributed by atoms with Crippen LogP contribution in [0.2, 0.25) is 0 Å². The zero-order chi connectivity index (χ0) is 42.4. The van der Waals surface area contributed by atoms with Crippen LogP contribution in [0.4, 0.5) is 17.1 Å². The maximum atomic E-state index is 6.46. The summed E-state index contributed by atoms with van der Waals surface area (Å²) in [6, 6.07) is 89.7. The van der Waals surface area contributed by atoms with Gasteiger partial charge in [-0.1, -0.05) is 206 Å². The van der Waals surface area contributed by atoms with Crippen LogP contribution < -0.4 is 4.90 Å². The fourth-order valence-electron chi connectivity index (χ4n) is 9.54. The molecule has 0 spiro atoms. The molecular formula is C62H41NO. The van der Waals surface area contributed by atoms with Crippen LogP contribution in [0.3, 0.4) is 0 Å². The van der Waals surface area contributed by atoms with Crippen molar-refractivity contribution >= 4 is 60.5 Å². The first kappa shape index (κ1) is 37.3. The normalized spacial score (nSPS) is 11.4. The number of anilines is 3. The Morgan fingerprint density at radius 3 is 1.53 bits per heavy atom. The molecule has 300 valence electrons. The molecule has 64 heavy (non-hydrogen) atoms. The van der Waals surface area contributed by atoms with Gasteiger partial charge in [0.15, 0.2) is 0 Å². The fraction of sp³-hybridized carbons (Fsp3) is 0. The Labute approximate surface area is 372 Å². The predicted molar refractivity (Wildman–Crippen MR) is 271 cm³/mol. The molecule has 11 aromatic carbocycles. The summed E-state index contributed by atoms with van der Waals surface area (Å²) in [6.07, 6.45) is 0. The second kappa shape index (κ2) is 15.8. The molecule has 2 nitrogen and oxygen atoms in total. The first-order valence-corrected chi connectivity index (χ1v) is 21.9. The van der Waals surface area contributed by atoms with Crippen LogP contribution in [0.1, 0.15) is 0 Å². The van der Waals surface area contributed by atoms with Gasteiger partial charge in [-0.25, -0.2) is 0 Å². The number of hydrogen-bond donors (Lipinski definition) is 0. The van der Waals surface area contributed by atoms with E-state index in [1.807, 2.05) is 12.1 Å². The molecule has 0 unspecified atom stereocenters. The quantitative estimate of drug-likeness (QED) is 0.152. The van der Waals surface area contributed by atoms with Crippen LogP contribution in [0, 0.1) is 0 Å². The van der Waals surface area contributed by atoms with Gasteiger partial charge in [0, 0.05) is 33.3 Å². The van der Waals surface area contributed by atoms with E-state index < -0.39 is 0 Å². The summed E-state index contributed by atoms with van der Waals surface area (Å²) in [5.74, 6) is 0. The van der Waals surface area contributed by atoms with E-state index in [1.165, 1.54) is 54.9 Å². The fourth-order valence-corrected chi connectivity index (χ4v) is 9.54. The van der Waals surface area contributed by atoms with Gasteiger partial charge < -0.3 is 9.32 Å².